The van der Waals surface area contributed by atoms with Gasteiger partial charge in [-0.2, -0.15) is 0 Å². The standard InChI is InChI=1S/C15H12O.C11H9NO3/c16-15(14-9-5-2-6-10-14)12-11-13-7-3-1-4-8-13;13-7-12(11(14)15)10-6-5-8-3-1-2-4-9(8)10/h1-12H;1-7,10H,(H,14,15)/b12-11+;. The zero-order chi connectivity index (χ0) is 22.1. The van der Waals surface area contributed by atoms with E-state index in [4.69, 9.17) is 5.11 Å². The zero-order valence-corrected chi connectivity index (χ0v) is 16.7. The molecule has 31 heavy (non-hydrogen) atoms. The van der Waals surface area contributed by atoms with Crippen molar-refractivity contribution in [3.8, 4) is 0 Å². The SMILES string of the molecule is O=C(/C=C/c1ccccc1)c1ccccc1.O=CN(C(=O)O)C1C=Cc2ccccc21. The molecule has 1 aliphatic rings. The molecule has 4 rings (SSSR count). The van der Waals surface area contributed by atoms with Gasteiger partial charge in [0, 0.05) is 5.56 Å². The van der Waals surface area contributed by atoms with Gasteiger partial charge in [-0.3, -0.25) is 9.59 Å². The molecule has 0 saturated heterocycles. The number of nitrogens with zero attached hydrogens (tertiary/aromatic N) is 1. The van der Waals surface area contributed by atoms with Gasteiger partial charge >= 0.3 is 6.09 Å². The minimum absolute atomic E-state index is 0.0319. The van der Waals surface area contributed by atoms with Crippen molar-refractivity contribution >= 4 is 30.4 Å². The Morgan fingerprint density at radius 2 is 1.45 bits per heavy atom. The molecule has 2 amide bonds. The third kappa shape index (κ3) is 5.64. The molecule has 1 N–H and O–H groups in total. The van der Waals surface area contributed by atoms with Crippen LogP contribution in [0.4, 0.5) is 4.79 Å². The first-order valence-corrected chi connectivity index (χ1v) is 9.66. The Balaban J connectivity index is 0.000000176. The molecule has 0 aromatic heterocycles. The molecule has 3 aromatic carbocycles. The topological polar surface area (TPSA) is 74.7 Å². The van der Waals surface area contributed by atoms with Crippen LogP contribution in [-0.4, -0.2) is 28.3 Å². The first-order chi connectivity index (χ1) is 15.1. The molecule has 3 aromatic rings. The minimum atomic E-state index is -1.24. The van der Waals surface area contributed by atoms with Crippen molar-refractivity contribution in [1.29, 1.82) is 0 Å². The lowest BCUT2D eigenvalue weighted by molar-refractivity contribution is -0.117. The Kier molecular flexibility index (Phi) is 7.27. The van der Waals surface area contributed by atoms with E-state index in [0.29, 0.717) is 6.41 Å². The lowest BCUT2D eigenvalue weighted by atomic mass is 10.1. The van der Waals surface area contributed by atoms with Crippen LogP contribution in [-0.2, 0) is 4.79 Å². The molecule has 1 aliphatic carbocycles. The third-order valence-corrected chi connectivity index (χ3v) is 4.69. The molecule has 154 valence electrons. The van der Waals surface area contributed by atoms with Gasteiger partial charge in [-0.1, -0.05) is 103 Å². The fourth-order valence-electron chi connectivity index (χ4n) is 3.14. The summed E-state index contributed by atoms with van der Waals surface area (Å²) in [5.74, 6) is 0.0319. The fraction of sp³-hybridized carbons (Fsp3) is 0.0385. The number of hydrogen-bond donors (Lipinski definition) is 1. The highest BCUT2D eigenvalue weighted by atomic mass is 16.4. The number of ketones is 1. The highest BCUT2D eigenvalue weighted by Crippen LogP contribution is 2.31. The van der Waals surface area contributed by atoms with Crippen LogP contribution in [0.3, 0.4) is 0 Å². The first-order valence-electron chi connectivity index (χ1n) is 9.66. The number of amides is 2. The maximum Gasteiger partial charge on any atom is 0.414 e. The number of benzene rings is 3. The van der Waals surface area contributed by atoms with Crippen molar-refractivity contribution < 1.29 is 19.5 Å². The third-order valence-electron chi connectivity index (χ3n) is 4.69. The summed E-state index contributed by atoms with van der Waals surface area (Å²) in [6, 6.07) is 26.0. The lowest BCUT2D eigenvalue weighted by Gasteiger charge is -2.19. The maximum atomic E-state index is 11.7. The molecule has 0 spiro atoms. The van der Waals surface area contributed by atoms with Crippen LogP contribution >= 0.6 is 0 Å². The van der Waals surface area contributed by atoms with E-state index in [1.807, 2.05) is 97.1 Å². The predicted octanol–water partition coefficient (Wildman–Crippen LogP) is 5.47. The number of fused-ring (bicyclic) bond motifs is 1. The number of carbonyl (C=O) groups is 3. The number of imide groups is 1. The Hall–Kier alpha value is -4.25. The Bertz CT molecular complexity index is 1100. The highest BCUT2D eigenvalue weighted by molar-refractivity contribution is 6.06. The molecule has 0 bridgehead atoms. The quantitative estimate of drug-likeness (QED) is 0.343. The summed E-state index contributed by atoms with van der Waals surface area (Å²) in [5, 5.41) is 8.82. The fourth-order valence-corrected chi connectivity index (χ4v) is 3.14. The second-order valence-corrected chi connectivity index (χ2v) is 6.70. The van der Waals surface area contributed by atoms with E-state index in [-0.39, 0.29) is 5.78 Å². The summed E-state index contributed by atoms with van der Waals surface area (Å²) >= 11 is 0. The van der Waals surface area contributed by atoms with Gasteiger partial charge in [0.25, 0.3) is 0 Å². The van der Waals surface area contributed by atoms with Crippen molar-refractivity contribution in [2.75, 3.05) is 0 Å². The molecule has 0 fully saturated rings. The maximum absolute atomic E-state index is 11.7. The summed E-state index contributed by atoms with van der Waals surface area (Å²) in [6.45, 7) is 0. The lowest BCUT2D eigenvalue weighted by Crippen LogP contribution is -2.30. The van der Waals surface area contributed by atoms with E-state index in [1.54, 1.807) is 12.2 Å². The average Bonchev–Trinajstić information content (AvgIpc) is 3.23. The average molecular weight is 411 g/mol. The Morgan fingerprint density at radius 1 is 0.839 bits per heavy atom. The van der Waals surface area contributed by atoms with Gasteiger partial charge < -0.3 is 5.11 Å². The largest absolute Gasteiger partial charge is 0.465 e. The second kappa shape index (κ2) is 10.5. The molecule has 5 nitrogen and oxygen atoms in total. The van der Waals surface area contributed by atoms with Gasteiger partial charge in [0.2, 0.25) is 6.41 Å². The molecule has 0 radical (unpaired) electrons. The van der Waals surface area contributed by atoms with E-state index in [0.717, 1.165) is 27.2 Å². The van der Waals surface area contributed by atoms with Crippen LogP contribution in [0.1, 0.15) is 33.1 Å². The Morgan fingerprint density at radius 3 is 2.10 bits per heavy atom. The number of rotatable bonds is 5. The van der Waals surface area contributed by atoms with Gasteiger partial charge in [-0.05, 0) is 22.8 Å². The highest BCUT2D eigenvalue weighted by Gasteiger charge is 2.26. The molecular formula is C26H21NO4. The molecule has 5 heteroatoms. The van der Waals surface area contributed by atoms with E-state index in [1.165, 1.54) is 0 Å². The van der Waals surface area contributed by atoms with Gasteiger partial charge in [-0.15, -0.1) is 0 Å². The number of carbonyl (C=O) groups excluding carboxylic acids is 2. The summed E-state index contributed by atoms with van der Waals surface area (Å²) in [7, 11) is 0. The monoisotopic (exact) mass is 411 g/mol. The second-order valence-electron chi connectivity index (χ2n) is 6.70. The van der Waals surface area contributed by atoms with Gasteiger partial charge in [0.05, 0.1) is 6.04 Å². The van der Waals surface area contributed by atoms with Crippen LogP contribution in [0.5, 0.6) is 0 Å². The summed E-state index contributed by atoms with van der Waals surface area (Å²) < 4.78 is 0. The van der Waals surface area contributed by atoms with Crippen LogP contribution in [0.15, 0.2) is 97.1 Å². The molecule has 1 atom stereocenters. The number of hydrogen-bond acceptors (Lipinski definition) is 3. The van der Waals surface area contributed by atoms with E-state index in [2.05, 4.69) is 0 Å². The van der Waals surface area contributed by atoms with Crippen molar-refractivity contribution in [3.05, 3.63) is 119 Å². The van der Waals surface area contributed by atoms with Gasteiger partial charge in [-0.25, -0.2) is 9.69 Å². The van der Waals surface area contributed by atoms with Crippen molar-refractivity contribution in [3.63, 3.8) is 0 Å². The van der Waals surface area contributed by atoms with Crippen LogP contribution in [0.25, 0.3) is 12.2 Å². The number of allylic oxidation sites excluding steroid dienone is 1. The summed E-state index contributed by atoms with van der Waals surface area (Å²) in [5.41, 5.74) is 3.55. The molecule has 0 heterocycles. The number of carboxylic acid groups (broad SMARTS) is 1. The van der Waals surface area contributed by atoms with E-state index in [9.17, 15) is 14.4 Å². The van der Waals surface area contributed by atoms with E-state index >= 15 is 0 Å². The van der Waals surface area contributed by atoms with Crippen LogP contribution in [0, 0.1) is 0 Å². The summed E-state index contributed by atoms with van der Waals surface area (Å²) in [6.07, 6.45) is 6.04. The predicted molar refractivity (Wildman–Crippen MR) is 120 cm³/mol. The molecular weight excluding hydrogens is 390 g/mol. The van der Waals surface area contributed by atoms with Crippen molar-refractivity contribution in [2.24, 2.45) is 0 Å². The van der Waals surface area contributed by atoms with Gasteiger partial charge in [0.1, 0.15) is 0 Å². The van der Waals surface area contributed by atoms with Crippen molar-refractivity contribution in [2.45, 2.75) is 6.04 Å². The van der Waals surface area contributed by atoms with E-state index < -0.39 is 12.1 Å². The first kappa shape index (κ1) is 21.5. The molecule has 0 aliphatic heterocycles. The zero-order valence-electron chi connectivity index (χ0n) is 16.7. The van der Waals surface area contributed by atoms with Crippen molar-refractivity contribution in [1.82, 2.24) is 4.90 Å². The molecule has 1 unspecified atom stereocenters. The Labute approximate surface area is 180 Å². The minimum Gasteiger partial charge on any atom is -0.465 e. The molecule has 0 saturated carbocycles. The smallest absolute Gasteiger partial charge is 0.414 e. The normalized spacial score (nSPS) is 13.7. The summed E-state index contributed by atoms with van der Waals surface area (Å²) in [4.78, 5) is 33.9. The van der Waals surface area contributed by atoms with Gasteiger partial charge in [0.15, 0.2) is 5.78 Å². The van der Waals surface area contributed by atoms with Crippen LogP contribution < -0.4 is 0 Å². The van der Waals surface area contributed by atoms with Crippen LogP contribution in [0.2, 0.25) is 0 Å².